The average Bonchev–Trinajstić information content (AvgIpc) is 2.89. The average molecular weight is 319 g/mol. The molecule has 1 heterocycles. The molecule has 0 atom stereocenters. The van der Waals surface area contributed by atoms with Gasteiger partial charge in [-0.2, -0.15) is 14.7 Å². The van der Waals surface area contributed by atoms with E-state index in [9.17, 15) is 10.1 Å². The number of nitrogens with one attached hydrogen (secondary N) is 1. The molecule has 0 unspecified atom stereocenters. The van der Waals surface area contributed by atoms with Crippen molar-refractivity contribution in [1.82, 2.24) is 4.37 Å². The molecule has 1 N–H and O–H groups in total. The number of hydrazone groups is 1. The largest absolute Gasteiger partial charge is 0.270 e. The predicted octanol–water partition coefficient (Wildman–Crippen LogP) is 3.09. The van der Waals surface area contributed by atoms with Crippen LogP contribution in [0.3, 0.4) is 0 Å². The Morgan fingerprint density at radius 1 is 1.62 bits per heavy atom. The van der Waals surface area contributed by atoms with E-state index in [4.69, 9.17) is 5.26 Å². The summed E-state index contributed by atoms with van der Waals surface area (Å²) in [7, 11) is 0. The molecule has 0 aliphatic rings. The van der Waals surface area contributed by atoms with Gasteiger partial charge >= 0.3 is 0 Å². The van der Waals surface area contributed by atoms with Gasteiger partial charge in [-0.3, -0.25) is 15.5 Å². The Bertz CT molecular complexity index is 735. The zero-order valence-electron chi connectivity index (χ0n) is 10.8. The maximum Gasteiger partial charge on any atom is 0.270 e. The van der Waals surface area contributed by atoms with Crippen molar-refractivity contribution in [3.05, 3.63) is 45.5 Å². The predicted molar refractivity (Wildman–Crippen MR) is 82.9 cm³/mol. The molecule has 106 valence electrons. The van der Waals surface area contributed by atoms with Gasteiger partial charge in [-0.15, -0.1) is 11.8 Å². The lowest BCUT2D eigenvalue weighted by molar-refractivity contribution is -0.384. The first-order valence-electron chi connectivity index (χ1n) is 5.63. The minimum absolute atomic E-state index is 0.000812. The zero-order chi connectivity index (χ0) is 15.2. The highest BCUT2D eigenvalue weighted by molar-refractivity contribution is 7.98. The van der Waals surface area contributed by atoms with Crippen LogP contribution in [0.4, 0.5) is 10.7 Å². The summed E-state index contributed by atoms with van der Waals surface area (Å²) in [5, 5.41) is 24.9. The number of rotatable bonds is 5. The molecule has 0 fully saturated rings. The SMILES string of the molecule is CSc1nsc(NN=Cc2cccc([N+](=O)[O-])c2)c1C#N. The number of thioether (sulfide) groups is 1. The monoisotopic (exact) mass is 319 g/mol. The Balaban J connectivity index is 2.13. The maximum atomic E-state index is 10.7. The van der Waals surface area contributed by atoms with E-state index in [1.807, 2.05) is 6.26 Å². The number of aromatic nitrogens is 1. The van der Waals surface area contributed by atoms with E-state index < -0.39 is 4.92 Å². The number of nitro benzene ring substituents is 1. The first-order valence-corrected chi connectivity index (χ1v) is 7.63. The maximum absolute atomic E-state index is 10.7. The van der Waals surface area contributed by atoms with E-state index in [-0.39, 0.29) is 5.69 Å². The van der Waals surface area contributed by atoms with Crippen LogP contribution in [0.1, 0.15) is 11.1 Å². The van der Waals surface area contributed by atoms with E-state index >= 15 is 0 Å². The lowest BCUT2D eigenvalue weighted by atomic mass is 10.2. The van der Waals surface area contributed by atoms with Crippen molar-refractivity contribution in [2.75, 3.05) is 11.7 Å². The minimum Gasteiger partial charge on any atom is -0.266 e. The molecule has 2 rings (SSSR count). The Kier molecular flexibility index (Phi) is 4.86. The number of anilines is 1. The van der Waals surface area contributed by atoms with Crippen molar-refractivity contribution in [3.8, 4) is 6.07 Å². The molecule has 0 aliphatic carbocycles. The molecule has 0 amide bonds. The fourth-order valence-corrected chi connectivity index (χ4v) is 2.89. The van der Waals surface area contributed by atoms with Crippen molar-refractivity contribution in [3.63, 3.8) is 0 Å². The van der Waals surface area contributed by atoms with Crippen LogP contribution in [-0.2, 0) is 0 Å². The molecular formula is C12H9N5O2S2. The molecule has 7 nitrogen and oxygen atoms in total. The number of non-ortho nitro benzene ring substituents is 1. The third kappa shape index (κ3) is 3.56. The number of hydrogen-bond donors (Lipinski definition) is 1. The first-order chi connectivity index (χ1) is 10.2. The van der Waals surface area contributed by atoms with Gasteiger partial charge in [-0.1, -0.05) is 12.1 Å². The standard InChI is InChI=1S/C12H9N5O2S2/c1-20-12-10(6-13)11(21-16-12)15-14-7-8-3-2-4-9(5-8)17(18)19/h2-5,7,15H,1H3. The summed E-state index contributed by atoms with van der Waals surface area (Å²) >= 11 is 2.53. The van der Waals surface area contributed by atoms with Crippen molar-refractivity contribution in [2.45, 2.75) is 5.03 Å². The van der Waals surface area contributed by atoms with E-state index in [1.54, 1.807) is 12.1 Å². The second-order valence-electron chi connectivity index (χ2n) is 3.73. The zero-order valence-corrected chi connectivity index (χ0v) is 12.4. The van der Waals surface area contributed by atoms with Crippen LogP contribution in [0, 0.1) is 21.4 Å². The second-order valence-corrected chi connectivity index (χ2v) is 5.30. The molecule has 2 aromatic rings. The molecule has 0 radical (unpaired) electrons. The molecule has 0 spiro atoms. The third-order valence-electron chi connectivity index (χ3n) is 2.43. The molecule has 0 saturated carbocycles. The summed E-state index contributed by atoms with van der Waals surface area (Å²) in [4.78, 5) is 10.2. The van der Waals surface area contributed by atoms with Gasteiger partial charge in [0.1, 0.15) is 21.7 Å². The molecule has 0 aliphatic heterocycles. The smallest absolute Gasteiger partial charge is 0.266 e. The highest BCUT2D eigenvalue weighted by atomic mass is 32.2. The molecule has 1 aromatic heterocycles. The van der Waals surface area contributed by atoms with E-state index in [0.717, 1.165) is 11.5 Å². The number of hydrogen-bond acceptors (Lipinski definition) is 8. The normalized spacial score (nSPS) is 10.5. The van der Waals surface area contributed by atoms with Crippen LogP contribution in [0.25, 0.3) is 0 Å². The Hall–Kier alpha value is -2.44. The number of benzene rings is 1. The fraction of sp³-hybridized carbons (Fsp3) is 0.0833. The molecular weight excluding hydrogens is 310 g/mol. The van der Waals surface area contributed by atoms with Crippen molar-refractivity contribution < 1.29 is 4.92 Å². The van der Waals surface area contributed by atoms with Gasteiger partial charge in [0.2, 0.25) is 0 Å². The second kappa shape index (κ2) is 6.83. The number of nitro groups is 1. The van der Waals surface area contributed by atoms with Crippen LogP contribution in [0.15, 0.2) is 34.4 Å². The van der Waals surface area contributed by atoms with Gasteiger partial charge in [0, 0.05) is 17.7 Å². The quantitative estimate of drug-likeness (QED) is 0.393. The van der Waals surface area contributed by atoms with Gasteiger partial charge in [-0.05, 0) is 17.8 Å². The Morgan fingerprint density at radius 3 is 3.10 bits per heavy atom. The summed E-state index contributed by atoms with van der Waals surface area (Å²) in [5.74, 6) is 0. The van der Waals surface area contributed by atoms with E-state index in [0.29, 0.717) is 21.2 Å². The van der Waals surface area contributed by atoms with E-state index in [1.165, 1.54) is 30.1 Å². The lowest BCUT2D eigenvalue weighted by Crippen LogP contribution is -1.92. The summed E-state index contributed by atoms with van der Waals surface area (Å²) < 4.78 is 4.12. The van der Waals surface area contributed by atoms with Crippen LogP contribution in [0.5, 0.6) is 0 Å². The Morgan fingerprint density at radius 2 is 2.43 bits per heavy atom. The molecule has 0 saturated heterocycles. The van der Waals surface area contributed by atoms with Gasteiger partial charge in [0.15, 0.2) is 0 Å². The fourth-order valence-electron chi connectivity index (χ4n) is 1.47. The number of nitrogens with zero attached hydrogens (tertiary/aromatic N) is 4. The molecule has 21 heavy (non-hydrogen) atoms. The highest BCUT2D eigenvalue weighted by Crippen LogP contribution is 2.29. The summed E-state index contributed by atoms with van der Waals surface area (Å²) in [6.45, 7) is 0. The van der Waals surface area contributed by atoms with Crippen LogP contribution >= 0.6 is 23.3 Å². The highest BCUT2D eigenvalue weighted by Gasteiger charge is 2.11. The third-order valence-corrected chi connectivity index (χ3v) is 3.98. The van der Waals surface area contributed by atoms with Crippen molar-refractivity contribution in [2.24, 2.45) is 5.10 Å². The first kappa shape index (κ1) is 15.0. The van der Waals surface area contributed by atoms with Gasteiger partial charge in [0.05, 0.1) is 11.1 Å². The lowest BCUT2D eigenvalue weighted by Gasteiger charge is -1.96. The van der Waals surface area contributed by atoms with Crippen molar-refractivity contribution >= 4 is 40.2 Å². The van der Waals surface area contributed by atoms with Gasteiger partial charge < -0.3 is 0 Å². The topological polar surface area (TPSA) is 104 Å². The summed E-state index contributed by atoms with van der Waals surface area (Å²) in [5.41, 5.74) is 3.77. The number of nitriles is 1. The minimum atomic E-state index is -0.466. The summed E-state index contributed by atoms with van der Waals surface area (Å²) in [6, 6.07) is 8.17. The summed E-state index contributed by atoms with van der Waals surface area (Å²) in [6.07, 6.45) is 3.29. The van der Waals surface area contributed by atoms with Crippen LogP contribution in [-0.4, -0.2) is 21.8 Å². The van der Waals surface area contributed by atoms with Gasteiger partial charge in [-0.25, -0.2) is 0 Å². The molecule has 1 aromatic carbocycles. The van der Waals surface area contributed by atoms with Crippen LogP contribution < -0.4 is 5.43 Å². The van der Waals surface area contributed by atoms with Gasteiger partial charge in [0.25, 0.3) is 5.69 Å². The van der Waals surface area contributed by atoms with E-state index in [2.05, 4.69) is 21.0 Å². The molecule has 9 heteroatoms. The Labute approximate surface area is 128 Å². The molecule has 0 bridgehead atoms. The van der Waals surface area contributed by atoms with Crippen LogP contribution in [0.2, 0.25) is 0 Å². The van der Waals surface area contributed by atoms with Crippen molar-refractivity contribution in [1.29, 1.82) is 5.26 Å².